The number of rotatable bonds is 5. The molecule has 0 saturated carbocycles. The second kappa shape index (κ2) is 6.05. The van der Waals surface area contributed by atoms with Gasteiger partial charge in [-0.2, -0.15) is 0 Å². The Morgan fingerprint density at radius 3 is 2.93 bits per heavy atom. The molecule has 0 bridgehead atoms. The molecule has 82 valence electrons. The van der Waals surface area contributed by atoms with E-state index in [1.54, 1.807) is 18.3 Å². The molecule has 0 fully saturated rings. The van der Waals surface area contributed by atoms with Crippen LogP contribution in [0.2, 0.25) is 0 Å². The number of hydrogen-bond acceptors (Lipinski definition) is 4. The molecule has 15 heavy (non-hydrogen) atoms. The number of allylic oxidation sites excluding steroid dienone is 1. The van der Waals surface area contributed by atoms with E-state index in [9.17, 15) is 4.79 Å². The third-order valence-corrected chi connectivity index (χ3v) is 3.11. The van der Waals surface area contributed by atoms with Crippen LogP contribution in [-0.4, -0.2) is 12.5 Å². The molecule has 0 unspecified atom stereocenters. The smallest absolute Gasteiger partial charge is 0.324 e. The Bertz CT molecular complexity index is 362. The van der Waals surface area contributed by atoms with Gasteiger partial charge in [0.25, 0.3) is 0 Å². The quantitative estimate of drug-likeness (QED) is 0.669. The summed E-state index contributed by atoms with van der Waals surface area (Å²) in [6, 6.07) is 3.99. The minimum atomic E-state index is -0.307. The Kier molecular flexibility index (Phi) is 5.01. The van der Waals surface area contributed by atoms with Crippen molar-refractivity contribution in [1.82, 2.24) is 5.32 Å². The summed E-state index contributed by atoms with van der Waals surface area (Å²) in [6.07, 6.45) is 0. The van der Waals surface area contributed by atoms with Crippen LogP contribution >= 0.6 is 27.3 Å². The van der Waals surface area contributed by atoms with E-state index in [0.717, 1.165) is 3.79 Å². The van der Waals surface area contributed by atoms with Crippen molar-refractivity contribution >= 4 is 33.2 Å². The molecule has 0 aromatic carbocycles. The molecular weight excluding hydrogens is 278 g/mol. The molecular formula is C10H12BrNO2S. The molecule has 1 rings (SSSR count). The van der Waals surface area contributed by atoms with Crippen molar-refractivity contribution in [2.75, 3.05) is 6.54 Å². The molecule has 0 spiro atoms. The minimum Gasteiger partial charge on any atom is -0.431 e. The molecule has 1 N–H and O–H groups in total. The fourth-order valence-electron chi connectivity index (χ4n) is 0.965. The number of nitrogens with one attached hydrogen (secondary N) is 1. The number of hydrogen-bond donors (Lipinski definition) is 1. The van der Waals surface area contributed by atoms with E-state index < -0.39 is 0 Å². The number of carbonyl (C=O) groups is 1. The maximum atomic E-state index is 11.1. The topological polar surface area (TPSA) is 38.3 Å². The van der Waals surface area contributed by atoms with Crippen LogP contribution in [-0.2, 0) is 16.1 Å². The predicted octanol–water partition coefficient (Wildman–Crippen LogP) is 2.68. The first kappa shape index (κ1) is 12.4. The zero-order chi connectivity index (χ0) is 11.3. The van der Waals surface area contributed by atoms with Crippen molar-refractivity contribution < 1.29 is 9.53 Å². The van der Waals surface area contributed by atoms with E-state index >= 15 is 0 Å². The maximum absolute atomic E-state index is 11.1. The van der Waals surface area contributed by atoms with Crippen molar-refractivity contribution in [1.29, 1.82) is 0 Å². The summed E-state index contributed by atoms with van der Waals surface area (Å²) >= 11 is 5.01. The van der Waals surface area contributed by atoms with Gasteiger partial charge in [-0.1, -0.05) is 6.58 Å². The van der Waals surface area contributed by atoms with E-state index in [1.807, 2.05) is 12.1 Å². The SMILES string of the molecule is C=C(C)OC(=O)CNCc1ccc(Br)s1. The number of carbonyl (C=O) groups excluding carboxylic acids is 1. The fraction of sp³-hybridized carbons (Fsp3) is 0.300. The summed E-state index contributed by atoms with van der Waals surface area (Å²) in [7, 11) is 0. The van der Waals surface area contributed by atoms with Gasteiger partial charge in [0, 0.05) is 11.4 Å². The van der Waals surface area contributed by atoms with Crippen LogP contribution in [0.4, 0.5) is 0 Å². The summed E-state index contributed by atoms with van der Waals surface area (Å²) in [5, 5.41) is 2.99. The third kappa shape index (κ3) is 5.11. The Balaban J connectivity index is 2.22. The predicted molar refractivity (Wildman–Crippen MR) is 64.6 cm³/mol. The standard InChI is InChI=1S/C10H12BrNO2S/c1-7(2)14-10(13)6-12-5-8-3-4-9(11)15-8/h3-4,12H,1,5-6H2,2H3. The molecule has 0 aliphatic carbocycles. The number of esters is 1. The van der Waals surface area contributed by atoms with Gasteiger partial charge in [-0.3, -0.25) is 4.79 Å². The monoisotopic (exact) mass is 289 g/mol. The summed E-state index contributed by atoms with van der Waals surface area (Å²) in [5.41, 5.74) is 0. The van der Waals surface area contributed by atoms with Crippen LogP contribution < -0.4 is 5.32 Å². The lowest BCUT2D eigenvalue weighted by Crippen LogP contribution is -2.23. The van der Waals surface area contributed by atoms with Crippen molar-refractivity contribution in [3.8, 4) is 0 Å². The molecule has 1 aromatic rings. The Morgan fingerprint density at radius 1 is 1.67 bits per heavy atom. The van der Waals surface area contributed by atoms with E-state index in [1.165, 1.54) is 4.88 Å². The average Bonchev–Trinajstić information content (AvgIpc) is 2.50. The van der Waals surface area contributed by atoms with Gasteiger partial charge < -0.3 is 10.1 Å². The van der Waals surface area contributed by atoms with Gasteiger partial charge in [0.2, 0.25) is 0 Å². The second-order valence-corrected chi connectivity index (χ2v) is 5.53. The van der Waals surface area contributed by atoms with Gasteiger partial charge in [-0.15, -0.1) is 11.3 Å². The number of thiophene rings is 1. The Morgan fingerprint density at radius 2 is 2.40 bits per heavy atom. The van der Waals surface area contributed by atoms with Crippen molar-refractivity contribution in [2.45, 2.75) is 13.5 Å². The van der Waals surface area contributed by atoms with E-state index in [0.29, 0.717) is 12.3 Å². The molecule has 0 amide bonds. The largest absolute Gasteiger partial charge is 0.431 e. The molecule has 0 radical (unpaired) electrons. The van der Waals surface area contributed by atoms with Crippen molar-refractivity contribution in [2.24, 2.45) is 0 Å². The summed E-state index contributed by atoms with van der Waals surface area (Å²) in [6.45, 7) is 6.00. The van der Waals surface area contributed by atoms with Gasteiger partial charge in [0.05, 0.1) is 16.1 Å². The highest BCUT2D eigenvalue weighted by Gasteiger charge is 2.03. The molecule has 3 nitrogen and oxygen atoms in total. The molecule has 0 aliphatic heterocycles. The van der Waals surface area contributed by atoms with Crippen LogP contribution in [0, 0.1) is 0 Å². The molecule has 1 heterocycles. The molecule has 5 heteroatoms. The third-order valence-electron chi connectivity index (χ3n) is 1.49. The lowest BCUT2D eigenvalue weighted by Gasteiger charge is -2.03. The lowest BCUT2D eigenvalue weighted by atomic mass is 10.4. The first-order valence-corrected chi connectivity index (χ1v) is 6.00. The van der Waals surface area contributed by atoms with Crippen LogP contribution in [0.3, 0.4) is 0 Å². The van der Waals surface area contributed by atoms with Gasteiger partial charge in [0.1, 0.15) is 0 Å². The number of halogens is 1. The first-order valence-electron chi connectivity index (χ1n) is 4.39. The molecule has 0 aliphatic rings. The van der Waals surface area contributed by atoms with Gasteiger partial charge in [0.15, 0.2) is 0 Å². The molecule has 1 aromatic heterocycles. The summed E-state index contributed by atoms with van der Waals surface area (Å²) in [5.74, 6) is 0.110. The highest BCUT2D eigenvalue weighted by atomic mass is 79.9. The minimum absolute atomic E-state index is 0.197. The van der Waals surface area contributed by atoms with Crippen LogP contribution in [0.15, 0.2) is 28.3 Å². The number of ether oxygens (including phenoxy) is 1. The molecule has 0 atom stereocenters. The van der Waals surface area contributed by atoms with Crippen LogP contribution in [0.25, 0.3) is 0 Å². The lowest BCUT2D eigenvalue weighted by molar-refractivity contribution is -0.138. The Hall–Kier alpha value is -0.650. The van der Waals surface area contributed by atoms with E-state index in [4.69, 9.17) is 4.74 Å². The van der Waals surface area contributed by atoms with Gasteiger partial charge in [-0.25, -0.2) is 0 Å². The molecule has 0 saturated heterocycles. The second-order valence-electron chi connectivity index (χ2n) is 2.99. The zero-order valence-corrected chi connectivity index (χ0v) is 10.8. The summed E-state index contributed by atoms with van der Waals surface area (Å²) < 4.78 is 5.88. The Labute approximate surface area is 101 Å². The van der Waals surface area contributed by atoms with Gasteiger partial charge in [-0.05, 0) is 35.0 Å². The van der Waals surface area contributed by atoms with Crippen molar-refractivity contribution in [3.05, 3.63) is 33.1 Å². The van der Waals surface area contributed by atoms with Gasteiger partial charge >= 0.3 is 5.97 Å². The zero-order valence-electron chi connectivity index (χ0n) is 8.38. The highest BCUT2D eigenvalue weighted by Crippen LogP contribution is 2.21. The summed E-state index contributed by atoms with van der Waals surface area (Å²) in [4.78, 5) is 12.3. The van der Waals surface area contributed by atoms with Crippen LogP contribution in [0.5, 0.6) is 0 Å². The highest BCUT2D eigenvalue weighted by molar-refractivity contribution is 9.11. The normalized spacial score (nSPS) is 10.0. The van der Waals surface area contributed by atoms with Crippen LogP contribution in [0.1, 0.15) is 11.8 Å². The van der Waals surface area contributed by atoms with E-state index in [2.05, 4.69) is 27.8 Å². The average molecular weight is 290 g/mol. The van der Waals surface area contributed by atoms with Crippen molar-refractivity contribution in [3.63, 3.8) is 0 Å². The fourth-order valence-corrected chi connectivity index (χ4v) is 2.42. The maximum Gasteiger partial charge on any atom is 0.324 e. The first-order chi connectivity index (χ1) is 7.08. The van der Waals surface area contributed by atoms with E-state index in [-0.39, 0.29) is 12.5 Å².